The molecule has 2 N–H and O–H groups in total. The molecule has 0 saturated carbocycles. The molecule has 0 amide bonds. The van der Waals surface area contributed by atoms with Crippen LogP contribution in [0.5, 0.6) is 0 Å². The Morgan fingerprint density at radius 2 is 2.15 bits per heavy atom. The molecule has 0 aliphatic carbocycles. The number of primary sulfonamides is 1. The summed E-state index contributed by atoms with van der Waals surface area (Å²) in [7, 11) is -3.54. The molecule has 2 aromatic rings. The highest BCUT2D eigenvalue weighted by atomic mass is 35.5. The molecule has 2 rings (SSSR count). The minimum atomic E-state index is -3.54. The lowest BCUT2D eigenvalue weighted by molar-refractivity contribution is 0.577. The maximum Gasteiger partial charge on any atom is 0.209 e. The lowest BCUT2D eigenvalue weighted by atomic mass is 10.2. The van der Waals surface area contributed by atoms with Crippen LogP contribution >= 0.6 is 11.6 Å². The third kappa shape index (κ3) is 3.99. The van der Waals surface area contributed by atoms with Crippen molar-refractivity contribution in [3.63, 3.8) is 0 Å². The Balaban J connectivity index is 2.08. The number of sulfonamides is 1. The first-order valence-corrected chi connectivity index (χ1v) is 7.77. The second kappa shape index (κ2) is 5.86. The normalized spacial score (nSPS) is 11.8. The largest absolute Gasteiger partial charge is 0.248 e. The highest BCUT2D eigenvalue weighted by Crippen LogP contribution is 2.18. The predicted octanol–water partition coefficient (Wildman–Crippen LogP) is 0.950. The van der Waals surface area contributed by atoms with Crippen molar-refractivity contribution in [2.45, 2.75) is 13.0 Å². The van der Waals surface area contributed by atoms with Gasteiger partial charge in [0, 0.05) is 18.2 Å². The fraction of sp³-hybridized carbons (Fsp3) is 0.273. The van der Waals surface area contributed by atoms with Crippen LogP contribution in [0.1, 0.15) is 11.3 Å². The number of hydrogen-bond donors (Lipinski definition) is 1. The van der Waals surface area contributed by atoms with E-state index in [9.17, 15) is 12.8 Å². The van der Waals surface area contributed by atoms with Crippen molar-refractivity contribution in [1.29, 1.82) is 0 Å². The zero-order valence-corrected chi connectivity index (χ0v) is 11.9. The second-order valence-electron chi connectivity index (χ2n) is 4.24. The van der Waals surface area contributed by atoms with Crippen LogP contribution in [-0.4, -0.2) is 29.2 Å². The Morgan fingerprint density at radius 1 is 1.40 bits per heavy atom. The van der Waals surface area contributed by atoms with Crippen molar-refractivity contribution in [2.24, 2.45) is 5.14 Å². The molecule has 0 aliphatic rings. The smallest absolute Gasteiger partial charge is 0.209 e. The Morgan fingerprint density at radius 3 is 2.85 bits per heavy atom. The number of benzene rings is 1. The maximum absolute atomic E-state index is 13.7. The number of halogens is 2. The van der Waals surface area contributed by atoms with Gasteiger partial charge in [-0.15, -0.1) is 5.10 Å². The minimum Gasteiger partial charge on any atom is -0.248 e. The predicted molar refractivity (Wildman–Crippen MR) is 72.2 cm³/mol. The SMILES string of the molecule is NS(=O)(=O)CCc1cn(Cc2cccc(Cl)c2F)nn1. The van der Waals surface area contributed by atoms with E-state index < -0.39 is 15.8 Å². The number of nitrogens with zero attached hydrogens (tertiary/aromatic N) is 3. The molecule has 0 saturated heterocycles. The van der Waals surface area contributed by atoms with Gasteiger partial charge in [-0.1, -0.05) is 28.9 Å². The van der Waals surface area contributed by atoms with Gasteiger partial charge in [-0.2, -0.15) is 0 Å². The first kappa shape index (κ1) is 14.9. The van der Waals surface area contributed by atoms with Crippen molar-refractivity contribution in [2.75, 3.05) is 5.75 Å². The van der Waals surface area contributed by atoms with Crippen LogP contribution in [0.15, 0.2) is 24.4 Å². The molecule has 0 atom stereocenters. The van der Waals surface area contributed by atoms with Crippen molar-refractivity contribution in [3.8, 4) is 0 Å². The van der Waals surface area contributed by atoms with Gasteiger partial charge in [0.2, 0.25) is 10.0 Å². The van der Waals surface area contributed by atoms with Gasteiger partial charge in [0.05, 0.1) is 23.0 Å². The van der Waals surface area contributed by atoms with E-state index in [2.05, 4.69) is 10.3 Å². The van der Waals surface area contributed by atoms with Crippen molar-refractivity contribution in [3.05, 3.63) is 46.5 Å². The molecule has 108 valence electrons. The van der Waals surface area contributed by atoms with Crippen LogP contribution in [0.25, 0.3) is 0 Å². The van der Waals surface area contributed by atoms with Crippen LogP contribution < -0.4 is 5.14 Å². The van der Waals surface area contributed by atoms with E-state index in [-0.39, 0.29) is 23.7 Å². The van der Waals surface area contributed by atoms with Gasteiger partial charge in [0.25, 0.3) is 0 Å². The topological polar surface area (TPSA) is 90.9 Å². The van der Waals surface area contributed by atoms with Gasteiger partial charge >= 0.3 is 0 Å². The molecule has 0 spiro atoms. The summed E-state index contributed by atoms with van der Waals surface area (Å²) in [5.41, 5.74) is 0.849. The fourth-order valence-corrected chi connectivity index (χ4v) is 2.31. The summed E-state index contributed by atoms with van der Waals surface area (Å²) < 4.78 is 36.8. The molecule has 0 aliphatic heterocycles. The molecule has 1 heterocycles. The summed E-state index contributed by atoms with van der Waals surface area (Å²) in [6, 6.07) is 4.69. The zero-order valence-electron chi connectivity index (χ0n) is 10.3. The van der Waals surface area contributed by atoms with Gasteiger partial charge in [-0.3, -0.25) is 0 Å². The molecule has 0 fully saturated rings. The standard InChI is InChI=1S/C11H12ClFN4O2S/c12-10-3-1-2-8(11(10)13)6-17-7-9(15-16-17)4-5-20(14,18)19/h1-3,7H,4-6H2,(H2,14,18,19). The average Bonchev–Trinajstić information content (AvgIpc) is 2.80. The molecule has 1 aromatic carbocycles. The van der Waals surface area contributed by atoms with Gasteiger partial charge in [0.15, 0.2) is 0 Å². The van der Waals surface area contributed by atoms with E-state index >= 15 is 0 Å². The van der Waals surface area contributed by atoms with Crippen molar-refractivity contribution >= 4 is 21.6 Å². The van der Waals surface area contributed by atoms with Gasteiger partial charge in [-0.25, -0.2) is 22.6 Å². The third-order valence-corrected chi connectivity index (χ3v) is 3.66. The quantitative estimate of drug-likeness (QED) is 0.888. The first-order valence-electron chi connectivity index (χ1n) is 5.67. The summed E-state index contributed by atoms with van der Waals surface area (Å²) in [5.74, 6) is -0.715. The van der Waals surface area contributed by atoms with E-state index in [0.29, 0.717) is 11.3 Å². The summed E-state index contributed by atoms with van der Waals surface area (Å²) in [4.78, 5) is 0. The monoisotopic (exact) mass is 318 g/mol. The number of aromatic nitrogens is 3. The summed E-state index contributed by atoms with van der Waals surface area (Å²) in [6.07, 6.45) is 1.71. The lowest BCUT2D eigenvalue weighted by Gasteiger charge is -2.03. The van der Waals surface area contributed by atoms with Crippen LogP contribution in [-0.2, 0) is 23.0 Å². The molecule has 0 bridgehead atoms. The Labute approximate surface area is 120 Å². The van der Waals surface area contributed by atoms with Gasteiger partial charge in [0.1, 0.15) is 5.82 Å². The van der Waals surface area contributed by atoms with Crippen LogP contribution in [0, 0.1) is 5.82 Å². The average molecular weight is 319 g/mol. The van der Waals surface area contributed by atoms with Gasteiger partial charge in [-0.05, 0) is 6.07 Å². The van der Waals surface area contributed by atoms with Gasteiger partial charge < -0.3 is 0 Å². The number of nitrogens with two attached hydrogens (primary N) is 1. The fourth-order valence-electron chi connectivity index (χ4n) is 1.62. The molecule has 0 unspecified atom stereocenters. The summed E-state index contributed by atoms with van der Waals surface area (Å²) >= 11 is 5.68. The molecule has 9 heteroatoms. The van der Waals surface area contributed by atoms with Crippen molar-refractivity contribution in [1.82, 2.24) is 15.0 Å². The number of rotatable bonds is 5. The van der Waals surface area contributed by atoms with Crippen LogP contribution in [0.4, 0.5) is 4.39 Å². The van der Waals surface area contributed by atoms with E-state index in [4.69, 9.17) is 16.7 Å². The summed E-state index contributed by atoms with van der Waals surface area (Å²) in [6.45, 7) is 0.161. The molecule has 0 radical (unpaired) electrons. The van der Waals surface area contributed by atoms with E-state index in [1.165, 1.54) is 10.7 Å². The second-order valence-corrected chi connectivity index (χ2v) is 6.38. The van der Waals surface area contributed by atoms with E-state index in [1.54, 1.807) is 18.3 Å². The minimum absolute atomic E-state index is 0.0389. The van der Waals surface area contributed by atoms with Crippen LogP contribution in [0.3, 0.4) is 0 Å². The molecule has 1 aromatic heterocycles. The lowest BCUT2D eigenvalue weighted by Crippen LogP contribution is -2.18. The molecular weight excluding hydrogens is 307 g/mol. The van der Waals surface area contributed by atoms with Crippen LogP contribution in [0.2, 0.25) is 5.02 Å². The summed E-state index contributed by atoms with van der Waals surface area (Å²) in [5, 5.41) is 12.6. The Hall–Kier alpha value is -1.51. The van der Waals surface area contributed by atoms with Crippen molar-refractivity contribution < 1.29 is 12.8 Å². The maximum atomic E-state index is 13.7. The Bertz CT molecular complexity index is 717. The van der Waals surface area contributed by atoms with E-state index in [1.807, 2.05) is 0 Å². The molecular formula is C11H12ClFN4O2S. The molecule has 20 heavy (non-hydrogen) atoms. The molecule has 6 nitrogen and oxygen atoms in total. The number of aryl methyl sites for hydroxylation is 1. The Kier molecular flexibility index (Phi) is 4.36. The third-order valence-electron chi connectivity index (χ3n) is 2.59. The van der Waals surface area contributed by atoms with E-state index in [0.717, 1.165) is 0 Å². The highest BCUT2D eigenvalue weighted by Gasteiger charge is 2.10. The number of hydrogen-bond acceptors (Lipinski definition) is 4. The first-order chi connectivity index (χ1) is 9.35. The highest BCUT2D eigenvalue weighted by molar-refractivity contribution is 7.89. The zero-order chi connectivity index (χ0) is 14.8.